The quantitative estimate of drug-likeness (QED) is 0.763. The fourth-order valence-electron chi connectivity index (χ4n) is 1.64. The topological polar surface area (TPSA) is 41.3 Å². The van der Waals surface area contributed by atoms with Crippen molar-refractivity contribution in [3.8, 4) is 0 Å². The summed E-state index contributed by atoms with van der Waals surface area (Å²) in [5.41, 5.74) is 0. The predicted octanol–water partition coefficient (Wildman–Crippen LogP) is 1.01. The Morgan fingerprint density at radius 2 is 2.33 bits per heavy atom. The van der Waals surface area contributed by atoms with Gasteiger partial charge in [0.2, 0.25) is 0 Å². The second-order valence-corrected chi connectivity index (χ2v) is 4.09. The molecule has 0 spiro atoms. The molecule has 0 saturated heterocycles. The van der Waals surface area contributed by atoms with Gasteiger partial charge in [-0.05, 0) is 13.5 Å². The van der Waals surface area contributed by atoms with Gasteiger partial charge in [0.05, 0.1) is 12.6 Å². The monoisotopic (exact) mass is 211 g/mol. The van der Waals surface area contributed by atoms with E-state index >= 15 is 0 Å². The average Bonchev–Trinajstić information content (AvgIpc) is 2.52. The summed E-state index contributed by atoms with van der Waals surface area (Å²) in [5.74, 6) is 1.03. The van der Waals surface area contributed by atoms with Gasteiger partial charge in [0.15, 0.2) is 0 Å². The van der Waals surface area contributed by atoms with Crippen LogP contribution in [0, 0.1) is 0 Å². The summed E-state index contributed by atoms with van der Waals surface area (Å²) in [7, 11) is 3.99. The molecule has 0 radical (unpaired) electrons. The van der Waals surface area contributed by atoms with E-state index < -0.39 is 0 Å². The highest BCUT2D eigenvalue weighted by Gasteiger charge is 2.09. The Labute approximate surface area is 91.5 Å². The molecule has 1 aromatic heterocycles. The number of aromatic nitrogens is 2. The lowest BCUT2D eigenvalue weighted by Crippen LogP contribution is -2.29. The van der Waals surface area contributed by atoms with Gasteiger partial charge < -0.3 is 9.67 Å². The minimum Gasteiger partial charge on any atom is -0.392 e. The number of aliphatic hydroxyl groups is 1. The third kappa shape index (κ3) is 4.01. The van der Waals surface area contributed by atoms with Gasteiger partial charge in [-0.25, -0.2) is 4.98 Å². The van der Waals surface area contributed by atoms with Crippen LogP contribution in [0.5, 0.6) is 0 Å². The van der Waals surface area contributed by atoms with Crippen LogP contribution in [0.4, 0.5) is 0 Å². The van der Waals surface area contributed by atoms with Crippen molar-refractivity contribution in [1.82, 2.24) is 14.5 Å². The van der Waals surface area contributed by atoms with Crippen molar-refractivity contribution in [3.05, 3.63) is 18.2 Å². The first kappa shape index (κ1) is 12.2. The lowest BCUT2D eigenvalue weighted by molar-refractivity contribution is 0.113. The zero-order chi connectivity index (χ0) is 11.3. The van der Waals surface area contributed by atoms with E-state index in [2.05, 4.69) is 16.8 Å². The van der Waals surface area contributed by atoms with Crippen LogP contribution in [0.3, 0.4) is 0 Å². The molecule has 0 amide bonds. The Hall–Kier alpha value is -0.870. The van der Waals surface area contributed by atoms with Gasteiger partial charge >= 0.3 is 0 Å². The SMILES string of the molecule is CCCC(O)CN(C)Cc1nccn1C. The number of likely N-dealkylation sites (N-methyl/N-ethyl adjacent to an activating group) is 1. The lowest BCUT2D eigenvalue weighted by atomic mass is 10.2. The molecule has 0 aliphatic rings. The summed E-state index contributed by atoms with van der Waals surface area (Å²) in [6.45, 7) is 3.58. The first-order valence-corrected chi connectivity index (χ1v) is 5.46. The number of hydrogen-bond acceptors (Lipinski definition) is 3. The van der Waals surface area contributed by atoms with E-state index in [-0.39, 0.29) is 6.10 Å². The Morgan fingerprint density at radius 1 is 1.60 bits per heavy atom. The summed E-state index contributed by atoms with van der Waals surface area (Å²) < 4.78 is 2.00. The van der Waals surface area contributed by atoms with Crippen LogP contribution in [-0.2, 0) is 13.6 Å². The molecule has 1 heterocycles. The maximum absolute atomic E-state index is 9.65. The lowest BCUT2D eigenvalue weighted by Gasteiger charge is -2.19. The largest absolute Gasteiger partial charge is 0.392 e. The van der Waals surface area contributed by atoms with Gasteiger partial charge in [0.25, 0.3) is 0 Å². The molecule has 1 aromatic rings. The second kappa shape index (κ2) is 5.88. The zero-order valence-electron chi connectivity index (χ0n) is 9.85. The molecule has 0 aromatic carbocycles. The number of imidazole rings is 1. The van der Waals surface area contributed by atoms with Crippen LogP contribution in [0.1, 0.15) is 25.6 Å². The third-order valence-electron chi connectivity index (χ3n) is 2.48. The van der Waals surface area contributed by atoms with E-state index in [0.717, 1.165) is 25.2 Å². The van der Waals surface area contributed by atoms with E-state index in [1.54, 1.807) is 6.20 Å². The Balaban J connectivity index is 2.36. The first-order valence-electron chi connectivity index (χ1n) is 5.46. The summed E-state index contributed by atoms with van der Waals surface area (Å²) in [4.78, 5) is 6.35. The molecule has 1 rings (SSSR count). The Kier molecular flexibility index (Phi) is 4.78. The summed E-state index contributed by atoms with van der Waals surface area (Å²) in [5, 5.41) is 9.65. The van der Waals surface area contributed by atoms with Gasteiger partial charge in [-0.1, -0.05) is 13.3 Å². The van der Waals surface area contributed by atoms with Crippen molar-refractivity contribution >= 4 is 0 Å². The highest BCUT2D eigenvalue weighted by molar-refractivity contribution is 4.90. The minimum atomic E-state index is -0.222. The maximum Gasteiger partial charge on any atom is 0.122 e. The van der Waals surface area contributed by atoms with E-state index in [1.165, 1.54) is 0 Å². The number of hydrogen-bond donors (Lipinski definition) is 1. The highest BCUT2D eigenvalue weighted by Crippen LogP contribution is 2.03. The van der Waals surface area contributed by atoms with E-state index in [9.17, 15) is 5.11 Å². The molecule has 0 aliphatic carbocycles. The third-order valence-corrected chi connectivity index (χ3v) is 2.48. The fraction of sp³-hybridized carbons (Fsp3) is 0.727. The van der Waals surface area contributed by atoms with Crippen molar-refractivity contribution in [3.63, 3.8) is 0 Å². The van der Waals surface area contributed by atoms with Gasteiger partial charge in [-0.15, -0.1) is 0 Å². The number of aliphatic hydroxyl groups excluding tert-OH is 1. The molecule has 0 bridgehead atoms. The van der Waals surface area contributed by atoms with Crippen LogP contribution in [0.15, 0.2) is 12.4 Å². The van der Waals surface area contributed by atoms with Gasteiger partial charge in [0, 0.05) is 26.0 Å². The zero-order valence-corrected chi connectivity index (χ0v) is 9.85. The number of aryl methyl sites for hydroxylation is 1. The van der Waals surface area contributed by atoms with Crippen LogP contribution in [-0.4, -0.2) is 39.3 Å². The summed E-state index contributed by atoms with van der Waals surface area (Å²) in [6.07, 6.45) is 5.40. The van der Waals surface area contributed by atoms with Crippen molar-refractivity contribution in [2.24, 2.45) is 7.05 Å². The molecule has 0 aliphatic heterocycles. The normalized spacial score (nSPS) is 13.4. The van der Waals surface area contributed by atoms with Crippen molar-refractivity contribution in [1.29, 1.82) is 0 Å². The molecule has 15 heavy (non-hydrogen) atoms. The Bertz CT molecular complexity index is 285. The molecule has 1 unspecified atom stereocenters. The Morgan fingerprint density at radius 3 is 2.87 bits per heavy atom. The number of nitrogens with zero attached hydrogens (tertiary/aromatic N) is 3. The van der Waals surface area contributed by atoms with Crippen LogP contribution in [0.2, 0.25) is 0 Å². The second-order valence-electron chi connectivity index (χ2n) is 4.09. The van der Waals surface area contributed by atoms with E-state index in [1.807, 2.05) is 24.9 Å². The average molecular weight is 211 g/mol. The molecular formula is C11H21N3O. The van der Waals surface area contributed by atoms with E-state index in [4.69, 9.17) is 0 Å². The first-order chi connectivity index (χ1) is 7.13. The summed E-state index contributed by atoms with van der Waals surface area (Å²) in [6, 6.07) is 0. The molecular weight excluding hydrogens is 190 g/mol. The highest BCUT2D eigenvalue weighted by atomic mass is 16.3. The van der Waals surface area contributed by atoms with Crippen molar-refractivity contribution in [2.75, 3.05) is 13.6 Å². The van der Waals surface area contributed by atoms with E-state index in [0.29, 0.717) is 6.54 Å². The van der Waals surface area contributed by atoms with Crippen LogP contribution >= 0.6 is 0 Å². The summed E-state index contributed by atoms with van der Waals surface area (Å²) >= 11 is 0. The van der Waals surface area contributed by atoms with Gasteiger partial charge in [-0.2, -0.15) is 0 Å². The molecule has 1 N–H and O–H groups in total. The van der Waals surface area contributed by atoms with Gasteiger partial charge in [-0.3, -0.25) is 4.90 Å². The molecule has 1 atom stereocenters. The molecule has 4 heteroatoms. The van der Waals surface area contributed by atoms with Gasteiger partial charge in [0.1, 0.15) is 5.82 Å². The predicted molar refractivity (Wildman–Crippen MR) is 60.5 cm³/mol. The molecule has 0 fully saturated rings. The number of rotatable bonds is 6. The molecule has 4 nitrogen and oxygen atoms in total. The van der Waals surface area contributed by atoms with Crippen molar-refractivity contribution in [2.45, 2.75) is 32.4 Å². The van der Waals surface area contributed by atoms with Crippen LogP contribution in [0.25, 0.3) is 0 Å². The van der Waals surface area contributed by atoms with Crippen molar-refractivity contribution < 1.29 is 5.11 Å². The molecule has 86 valence electrons. The maximum atomic E-state index is 9.65. The standard InChI is InChI=1S/C11H21N3O/c1-4-5-10(15)8-13(2)9-11-12-6-7-14(11)3/h6-7,10,15H,4-5,8-9H2,1-3H3. The minimum absolute atomic E-state index is 0.222. The smallest absolute Gasteiger partial charge is 0.122 e. The molecule has 0 saturated carbocycles. The van der Waals surface area contributed by atoms with Crippen LogP contribution < -0.4 is 0 Å². The fourth-order valence-corrected chi connectivity index (χ4v) is 1.64.